The van der Waals surface area contributed by atoms with E-state index in [9.17, 15) is 8.42 Å². The molecule has 25 heavy (non-hydrogen) atoms. The van der Waals surface area contributed by atoms with Gasteiger partial charge in [-0.1, -0.05) is 30.3 Å². The number of benzene rings is 2. The van der Waals surface area contributed by atoms with Crippen LogP contribution in [0.1, 0.15) is 18.5 Å². The molecule has 3 rings (SSSR count). The Balaban J connectivity index is 1.98. The lowest BCUT2D eigenvalue weighted by Gasteiger charge is -2.19. The van der Waals surface area contributed by atoms with E-state index in [2.05, 4.69) is 20.0 Å². The van der Waals surface area contributed by atoms with Gasteiger partial charge in [0.15, 0.2) is 0 Å². The normalized spacial score (nSPS) is 12.8. The van der Waals surface area contributed by atoms with Crippen molar-refractivity contribution in [3.63, 3.8) is 0 Å². The first-order valence-corrected chi connectivity index (χ1v) is 9.86. The lowest BCUT2D eigenvalue weighted by atomic mass is 10.1. The number of nitrogens with zero attached hydrogens (tertiary/aromatic N) is 2. The molecule has 0 amide bonds. The summed E-state index contributed by atoms with van der Waals surface area (Å²) in [5.74, 6) is 0.595. The average molecular weight is 377 g/mol. The molecular weight excluding hydrogens is 360 g/mol. The van der Waals surface area contributed by atoms with Crippen LogP contribution in [0.25, 0.3) is 10.9 Å². The van der Waals surface area contributed by atoms with Gasteiger partial charge in [0.25, 0.3) is 0 Å². The maximum absolute atomic E-state index is 11.6. The fraction of sp³-hybridized carbons (Fsp3) is 0.176. The molecule has 1 aromatic heterocycles. The summed E-state index contributed by atoms with van der Waals surface area (Å²) in [4.78, 5) is 8.48. The molecule has 2 aromatic carbocycles. The maximum Gasteiger partial charge on any atom is 0.229 e. The Morgan fingerprint density at radius 2 is 1.72 bits per heavy atom. The summed E-state index contributed by atoms with van der Waals surface area (Å²) in [6.45, 7) is 1.92. The molecule has 0 saturated carbocycles. The summed E-state index contributed by atoms with van der Waals surface area (Å²) in [7, 11) is -3.37. The van der Waals surface area contributed by atoms with E-state index in [0.717, 1.165) is 22.7 Å². The first kappa shape index (κ1) is 17.4. The molecule has 8 heteroatoms. The lowest BCUT2D eigenvalue weighted by Crippen LogP contribution is -2.15. The van der Waals surface area contributed by atoms with Crippen molar-refractivity contribution in [1.82, 2.24) is 9.97 Å². The molecule has 0 aliphatic carbocycles. The van der Waals surface area contributed by atoms with Gasteiger partial charge in [-0.25, -0.2) is 18.4 Å². The summed E-state index contributed by atoms with van der Waals surface area (Å²) in [6, 6.07) is 14.5. The van der Waals surface area contributed by atoms with Crippen LogP contribution < -0.4 is 10.0 Å². The third-order valence-corrected chi connectivity index (χ3v) is 4.41. The minimum absolute atomic E-state index is 0.149. The minimum Gasteiger partial charge on any atom is -0.363 e. The van der Waals surface area contributed by atoms with Crippen LogP contribution in [0.15, 0.2) is 48.5 Å². The monoisotopic (exact) mass is 376 g/mol. The van der Waals surface area contributed by atoms with E-state index in [4.69, 9.17) is 11.6 Å². The van der Waals surface area contributed by atoms with Crippen molar-refractivity contribution in [2.24, 2.45) is 0 Å². The smallest absolute Gasteiger partial charge is 0.229 e. The highest BCUT2D eigenvalue weighted by molar-refractivity contribution is 7.92. The van der Waals surface area contributed by atoms with Gasteiger partial charge in [0.1, 0.15) is 5.82 Å². The van der Waals surface area contributed by atoms with Crippen LogP contribution in [0.4, 0.5) is 11.5 Å². The Kier molecular flexibility index (Phi) is 4.78. The van der Waals surface area contributed by atoms with E-state index >= 15 is 0 Å². The fourth-order valence-electron chi connectivity index (χ4n) is 2.61. The molecule has 0 spiro atoms. The largest absolute Gasteiger partial charge is 0.363 e. The molecule has 1 unspecified atom stereocenters. The highest BCUT2D eigenvalue weighted by Gasteiger charge is 2.15. The number of para-hydroxylation sites is 2. The van der Waals surface area contributed by atoms with E-state index in [1.165, 1.54) is 0 Å². The van der Waals surface area contributed by atoms with Crippen molar-refractivity contribution in [3.8, 4) is 0 Å². The SMILES string of the molecule is CC(Nc1nc(Cl)nc2ccccc12)c1ccccc1NS(C)(=O)=O. The third-order valence-electron chi connectivity index (χ3n) is 3.65. The Bertz CT molecular complexity index is 1020. The molecule has 130 valence electrons. The molecule has 0 saturated heterocycles. The fourth-order valence-corrected chi connectivity index (χ4v) is 3.37. The zero-order chi connectivity index (χ0) is 18.0. The van der Waals surface area contributed by atoms with Crippen LogP contribution >= 0.6 is 11.6 Å². The summed E-state index contributed by atoms with van der Waals surface area (Å²) in [5.41, 5.74) is 2.06. The second-order valence-electron chi connectivity index (χ2n) is 5.69. The molecule has 1 heterocycles. The van der Waals surface area contributed by atoms with Gasteiger partial charge in [0.2, 0.25) is 15.3 Å². The Labute approximate surface area is 151 Å². The van der Waals surface area contributed by atoms with Gasteiger partial charge in [-0.15, -0.1) is 0 Å². The molecule has 0 radical (unpaired) electrons. The Morgan fingerprint density at radius 1 is 1.04 bits per heavy atom. The minimum atomic E-state index is -3.37. The first-order chi connectivity index (χ1) is 11.8. The zero-order valence-electron chi connectivity index (χ0n) is 13.7. The second kappa shape index (κ2) is 6.85. The van der Waals surface area contributed by atoms with Gasteiger partial charge in [0, 0.05) is 5.39 Å². The van der Waals surface area contributed by atoms with Gasteiger partial charge < -0.3 is 5.32 Å². The van der Waals surface area contributed by atoms with Crippen LogP contribution in [0.5, 0.6) is 0 Å². The van der Waals surface area contributed by atoms with Crippen molar-refractivity contribution in [2.45, 2.75) is 13.0 Å². The quantitative estimate of drug-likeness (QED) is 0.661. The summed E-state index contributed by atoms with van der Waals surface area (Å²) in [6.07, 6.45) is 1.12. The first-order valence-electron chi connectivity index (χ1n) is 7.59. The van der Waals surface area contributed by atoms with Crippen LogP contribution in [-0.4, -0.2) is 24.6 Å². The van der Waals surface area contributed by atoms with E-state index in [1.807, 2.05) is 43.3 Å². The zero-order valence-corrected chi connectivity index (χ0v) is 15.3. The number of hydrogen-bond donors (Lipinski definition) is 2. The molecule has 0 aliphatic rings. The number of fused-ring (bicyclic) bond motifs is 1. The van der Waals surface area contributed by atoms with Gasteiger partial charge in [-0.2, -0.15) is 0 Å². The van der Waals surface area contributed by atoms with Gasteiger partial charge in [-0.3, -0.25) is 4.72 Å². The van der Waals surface area contributed by atoms with E-state index in [1.54, 1.807) is 12.1 Å². The molecular formula is C17H17ClN4O2S. The van der Waals surface area contributed by atoms with E-state index < -0.39 is 10.0 Å². The lowest BCUT2D eigenvalue weighted by molar-refractivity contribution is 0.606. The Morgan fingerprint density at radius 3 is 2.48 bits per heavy atom. The van der Waals surface area contributed by atoms with Crippen LogP contribution in [0, 0.1) is 0 Å². The highest BCUT2D eigenvalue weighted by Crippen LogP contribution is 2.29. The van der Waals surface area contributed by atoms with Crippen molar-refractivity contribution >= 4 is 44.0 Å². The number of aromatic nitrogens is 2. The summed E-state index contributed by atoms with van der Waals surface area (Å²) in [5, 5.41) is 4.29. The topological polar surface area (TPSA) is 84.0 Å². The van der Waals surface area contributed by atoms with Crippen molar-refractivity contribution in [1.29, 1.82) is 0 Å². The Hall–Kier alpha value is -2.38. The van der Waals surface area contributed by atoms with E-state index in [0.29, 0.717) is 11.5 Å². The van der Waals surface area contributed by atoms with Crippen LogP contribution in [0.3, 0.4) is 0 Å². The number of sulfonamides is 1. The van der Waals surface area contributed by atoms with Crippen LogP contribution in [-0.2, 0) is 10.0 Å². The maximum atomic E-state index is 11.6. The molecule has 6 nitrogen and oxygen atoms in total. The molecule has 2 N–H and O–H groups in total. The predicted molar refractivity (Wildman–Crippen MR) is 101 cm³/mol. The molecule has 0 bridgehead atoms. The van der Waals surface area contributed by atoms with Crippen LogP contribution in [0.2, 0.25) is 5.28 Å². The summed E-state index contributed by atoms with van der Waals surface area (Å²) >= 11 is 6.02. The number of nitrogens with one attached hydrogen (secondary N) is 2. The van der Waals surface area contributed by atoms with Gasteiger partial charge in [0.05, 0.1) is 23.5 Å². The standard InChI is InChI=1S/C17H17ClN4O2S/c1-11(12-7-3-6-10-15(12)22-25(2,23)24)19-16-13-8-4-5-9-14(13)20-17(18)21-16/h3-11,22H,1-2H3,(H,19,20,21). The van der Waals surface area contributed by atoms with Crippen molar-refractivity contribution < 1.29 is 8.42 Å². The molecule has 0 fully saturated rings. The molecule has 3 aromatic rings. The number of anilines is 2. The second-order valence-corrected chi connectivity index (χ2v) is 7.77. The third kappa shape index (κ3) is 4.18. The average Bonchev–Trinajstić information content (AvgIpc) is 2.53. The van der Waals surface area contributed by atoms with Crippen molar-refractivity contribution in [2.75, 3.05) is 16.3 Å². The van der Waals surface area contributed by atoms with Gasteiger partial charge in [-0.05, 0) is 42.3 Å². The van der Waals surface area contributed by atoms with E-state index in [-0.39, 0.29) is 11.3 Å². The number of halogens is 1. The molecule has 1 atom stereocenters. The number of rotatable bonds is 5. The highest BCUT2D eigenvalue weighted by atomic mass is 35.5. The molecule has 0 aliphatic heterocycles. The van der Waals surface area contributed by atoms with Gasteiger partial charge >= 0.3 is 0 Å². The van der Waals surface area contributed by atoms with Crippen molar-refractivity contribution in [3.05, 3.63) is 59.4 Å². The predicted octanol–water partition coefficient (Wildman–Crippen LogP) is 3.83. The number of hydrogen-bond acceptors (Lipinski definition) is 5. The summed E-state index contributed by atoms with van der Waals surface area (Å²) < 4.78 is 25.7.